The van der Waals surface area contributed by atoms with Crippen molar-refractivity contribution < 1.29 is 19.0 Å². The number of ether oxygens (including phenoxy) is 1. The lowest BCUT2D eigenvalue weighted by molar-refractivity contribution is -0.144. The van der Waals surface area contributed by atoms with E-state index in [1.807, 2.05) is 6.92 Å². The van der Waals surface area contributed by atoms with Crippen LogP contribution in [0.1, 0.15) is 25.3 Å². The Kier molecular flexibility index (Phi) is 5.92. The Morgan fingerprint density at radius 2 is 2.16 bits per heavy atom. The van der Waals surface area contributed by atoms with E-state index in [9.17, 15) is 14.3 Å². The predicted octanol–water partition coefficient (Wildman–Crippen LogP) is 1.92. The average molecular weight is 269 g/mol. The van der Waals surface area contributed by atoms with Gasteiger partial charge < -0.3 is 15.6 Å². The van der Waals surface area contributed by atoms with Crippen LogP contribution in [0.4, 0.5) is 4.39 Å². The fourth-order valence-corrected chi connectivity index (χ4v) is 2.13. The summed E-state index contributed by atoms with van der Waals surface area (Å²) in [5.74, 6) is -1.64. The van der Waals surface area contributed by atoms with E-state index < -0.39 is 17.2 Å². The van der Waals surface area contributed by atoms with Gasteiger partial charge in [0.1, 0.15) is 11.2 Å². The van der Waals surface area contributed by atoms with Gasteiger partial charge in [0.25, 0.3) is 0 Å². The van der Waals surface area contributed by atoms with Crippen LogP contribution in [-0.2, 0) is 14.9 Å². The maximum atomic E-state index is 13.9. The molecule has 0 aliphatic rings. The quantitative estimate of drug-likeness (QED) is 0.707. The van der Waals surface area contributed by atoms with Crippen LogP contribution in [0.3, 0.4) is 0 Å². The number of carboxylic acid groups (broad SMARTS) is 1. The van der Waals surface area contributed by atoms with Crippen molar-refractivity contribution in [3.8, 4) is 0 Å². The molecule has 19 heavy (non-hydrogen) atoms. The monoisotopic (exact) mass is 269 g/mol. The van der Waals surface area contributed by atoms with Crippen LogP contribution in [0, 0.1) is 5.82 Å². The van der Waals surface area contributed by atoms with Crippen molar-refractivity contribution in [2.24, 2.45) is 5.73 Å². The topological polar surface area (TPSA) is 72.5 Å². The number of rotatable bonds is 8. The lowest BCUT2D eigenvalue weighted by Crippen LogP contribution is -2.44. The Morgan fingerprint density at radius 1 is 1.47 bits per heavy atom. The minimum absolute atomic E-state index is 0.140. The molecule has 0 saturated heterocycles. The molecule has 0 bridgehead atoms. The normalized spacial score (nSPS) is 14.1. The van der Waals surface area contributed by atoms with Crippen LogP contribution in [0.5, 0.6) is 0 Å². The van der Waals surface area contributed by atoms with E-state index in [1.165, 1.54) is 18.2 Å². The van der Waals surface area contributed by atoms with Gasteiger partial charge in [0.2, 0.25) is 0 Å². The second-order valence-corrected chi connectivity index (χ2v) is 4.37. The third-order valence-electron chi connectivity index (χ3n) is 3.24. The summed E-state index contributed by atoms with van der Waals surface area (Å²) in [6, 6.07) is 5.89. The fourth-order valence-electron chi connectivity index (χ4n) is 2.13. The lowest BCUT2D eigenvalue weighted by Gasteiger charge is -2.28. The summed E-state index contributed by atoms with van der Waals surface area (Å²) in [6.07, 6.45) is 0.769. The van der Waals surface area contributed by atoms with Crippen LogP contribution < -0.4 is 5.73 Å². The molecule has 0 heterocycles. The number of benzene rings is 1. The van der Waals surface area contributed by atoms with E-state index >= 15 is 0 Å². The van der Waals surface area contributed by atoms with Gasteiger partial charge in [-0.1, -0.05) is 18.2 Å². The summed E-state index contributed by atoms with van der Waals surface area (Å²) in [5, 5.41) is 9.47. The van der Waals surface area contributed by atoms with Crippen molar-refractivity contribution >= 4 is 5.97 Å². The molecular weight excluding hydrogens is 249 g/mol. The molecule has 1 atom stereocenters. The Morgan fingerprint density at radius 3 is 2.68 bits per heavy atom. The molecule has 106 valence electrons. The van der Waals surface area contributed by atoms with Gasteiger partial charge in [0, 0.05) is 25.3 Å². The van der Waals surface area contributed by atoms with Crippen LogP contribution in [-0.4, -0.2) is 30.8 Å². The van der Waals surface area contributed by atoms with Crippen molar-refractivity contribution in [1.29, 1.82) is 0 Å². The summed E-state index contributed by atoms with van der Waals surface area (Å²) in [5.41, 5.74) is 4.39. The van der Waals surface area contributed by atoms with Crippen LogP contribution in [0.2, 0.25) is 0 Å². The summed E-state index contributed by atoms with van der Waals surface area (Å²) >= 11 is 0. The second-order valence-electron chi connectivity index (χ2n) is 4.37. The van der Waals surface area contributed by atoms with Crippen LogP contribution in [0.25, 0.3) is 0 Å². The van der Waals surface area contributed by atoms with Crippen molar-refractivity contribution in [2.75, 3.05) is 19.8 Å². The molecule has 3 N–H and O–H groups in total. The lowest BCUT2D eigenvalue weighted by atomic mass is 9.76. The SMILES string of the molecule is CCOCCCC(CN)(C(=O)O)c1ccccc1F. The molecule has 0 spiro atoms. The molecule has 0 fully saturated rings. The van der Waals surface area contributed by atoms with E-state index in [2.05, 4.69) is 0 Å². The first-order valence-electron chi connectivity index (χ1n) is 6.34. The summed E-state index contributed by atoms with van der Waals surface area (Å²) in [7, 11) is 0. The summed E-state index contributed by atoms with van der Waals surface area (Å²) in [4.78, 5) is 11.6. The van der Waals surface area contributed by atoms with Crippen molar-refractivity contribution in [3.05, 3.63) is 35.6 Å². The molecule has 5 heteroatoms. The van der Waals surface area contributed by atoms with Gasteiger partial charge in [-0.3, -0.25) is 4.79 Å². The maximum Gasteiger partial charge on any atom is 0.315 e. The first-order valence-corrected chi connectivity index (χ1v) is 6.34. The van der Waals surface area contributed by atoms with Gasteiger partial charge in [0.15, 0.2) is 0 Å². The number of hydrogen-bond donors (Lipinski definition) is 2. The highest BCUT2D eigenvalue weighted by Gasteiger charge is 2.40. The van der Waals surface area contributed by atoms with Crippen molar-refractivity contribution in [2.45, 2.75) is 25.2 Å². The van der Waals surface area contributed by atoms with E-state index in [-0.39, 0.29) is 18.5 Å². The zero-order chi connectivity index (χ0) is 14.3. The minimum atomic E-state index is -1.39. The van der Waals surface area contributed by atoms with Crippen LogP contribution in [0.15, 0.2) is 24.3 Å². The highest BCUT2D eigenvalue weighted by atomic mass is 19.1. The molecule has 4 nitrogen and oxygen atoms in total. The van der Waals surface area contributed by atoms with E-state index in [0.29, 0.717) is 19.6 Å². The zero-order valence-corrected chi connectivity index (χ0v) is 11.1. The summed E-state index contributed by atoms with van der Waals surface area (Å²) in [6.45, 7) is 2.74. The van der Waals surface area contributed by atoms with Gasteiger partial charge >= 0.3 is 5.97 Å². The smallest absolute Gasteiger partial charge is 0.315 e. The van der Waals surface area contributed by atoms with Gasteiger partial charge in [0.05, 0.1) is 0 Å². The standard InChI is InChI=1S/C14H20FNO3/c1-2-19-9-5-8-14(10-16,13(17)18)11-6-3-4-7-12(11)15/h3-4,6-7H,2,5,8-10,16H2,1H3,(H,17,18). The third-order valence-corrected chi connectivity index (χ3v) is 3.24. The number of halogens is 1. The van der Waals surface area contributed by atoms with Crippen LogP contribution >= 0.6 is 0 Å². The first kappa shape index (κ1) is 15.6. The van der Waals surface area contributed by atoms with Gasteiger partial charge in [-0.2, -0.15) is 0 Å². The Labute approximate surface area is 112 Å². The molecule has 1 rings (SSSR count). The van der Waals surface area contributed by atoms with Gasteiger partial charge in [-0.15, -0.1) is 0 Å². The molecule has 0 amide bonds. The minimum Gasteiger partial charge on any atom is -0.481 e. The molecule has 0 aliphatic carbocycles. The molecular formula is C14H20FNO3. The van der Waals surface area contributed by atoms with Gasteiger partial charge in [-0.05, 0) is 25.8 Å². The maximum absolute atomic E-state index is 13.9. The number of carbonyl (C=O) groups is 1. The molecule has 1 aromatic carbocycles. The predicted molar refractivity (Wildman–Crippen MR) is 70.5 cm³/mol. The van der Waals surface area contributed by atoms with Crippen molar-refractivity contribution in [1.82, 2.24) is 0 Å². The van der Waals surface area contributed by atoms with Gasteiger partial charge in [-0.25, -0.2) is 4.39 Å². The molecule has 1 aromatic rings. The average Bonchev–Trinajstić information content (AvgIpc) is 2.40. The highest BCUT2D eigenvalue weighted by molar-refractivity contribution is 5.81. The number of hydrogen-bond acceptors (Lipinski definition) is 3. The molecule has 1 unspecified atom stereocenters. The van der Waals surface area contributed by atoms with E-state index in [1.54, 1.807) is 6.07 Å². The Balaban J connectivity index is 2.99. The first-order chi connectivity index (χ1) is 9.08. The zero-order valence-electron chi connectivity index (χ0n) is 11.1. The molecule has 0 aromatic heterocycles. The summed E-state index contributed by atoms with van der Waals surface area (Å²) < 4.78 is 19.0. The number of aliphatic carboxylic acids is 1. The number of nitrogens with two attached hydrogens (primary N) is 1. The third kappa shape index (κ3) is 3.52. The Bertz CT molecular complexity index is 425. The number of carboxylic acids is 1. The highest BCUT2D eigenvalue weighted by Crippen LogP contribution is 2.31. The van der Waals surface area contributed by atoms with E-state index in [0.717, 1.165) is 0 Å². The molecule has 0 radical (unpaired) electrons. The molecule has 0 saturated carbocycles. The Hall–Kier alpha value is -1.46. The van der Waals surface area contributed by atoms with Crippen molar-refractivity contribution in [3.63, 3.8) is 0 Å². The molecule has 0 aliphatic heterocycles. The second kappa shape index (κ2) is 7.21. The van der Waals surface area contributed by atoms with E-state index in [4.69, 9.17) is 10.5 Å². The largest absolute Gasteiger partial charge is 0.481 e. The fraction of sp³-hybridized carbons (Fsp3) is 0.500.